The highest BCUT2D eigenvalue weighted by Gasteiger charge is 2.27. The largest absolute Gasteiger partial charge is 0.313 e. The number of nitrogens with one attached hydrogen (secondary N) is 1. The summed E-state index contributed by atoms with van der Waals surface area (Å²) in [7, 11) is 2.09. The molecule has 0 spiro atoms. The molecule has 1 N–H and O–H groups in total. The first-order valence-electron chi connectivity index (χ1n) is 7.36. The van der Waals surface area contributed by atoms with Gasteiger partial charge in [0.2, 0.25) is 0 Å². The molecule has 0 bridgehead atoms. The first-order chi connectivity index (χ1) is 8.58. The summed E-state index contributed by atoms with van der Waals surface area (Å²) >= 11 is 0. The van der Waals surface area contributed by atoms with E-state index in [4.69, 9.17) is 0 Å². The predicted molar refractivity (Wildman–Crippen MR) is 78.9 cm³/mol. The first kappa shape index (κ1) is 13.6. The van der Waals surface area contributed by atoms with E-state index in [1.165, 1.54) is 36.8 Å². The van der Waals surface area contributed by atoms with Crippen molar-refractivity contribution in [1.29, 1.82) is 0 Å². The van der Waals surface area contributed by atoms with Gasteiger partial charge in [0.25, 0.3) is 0 Å². The standard InChI is InChI=1S/C17H27N/c1-5-17(2,3)15-11-9-14(10-12-15)16(18-4)13-7-6-8-13/h9-13,16,18H,5-8H2,1-4H3. The van der Waals surface area contributed by atoms with Crippen LogP contribution in [0.25, 0.3) is 0 Å². The quantitative estimate of drug-likeness (QED) is 0.809. The van der Waals surface area contributed by atoms with E-state index >= 15 is 0 Å². The van der Waals surface area contributed by atoms with Crippen molar-refractivity contribution in [3.05, 3.63) is 35.4 Å². The molecule has 1 aromatic rings. The average molecular weight is 245 g/mol. The van der Waals surface area contributed by atoms with Crippen LogP contribution in [0.3, 0.4) is 0 Å². The molecular formula is C17H27N. The summed E-state index contributed by atoms with van der Waals surface area (Å²) in [5.41, 5.74) is 3.21. The van der Waals surface area contributed by atoms with Gasteiger partial charge in [0, 0.05) is 6.04 Å². The SMILES string of the molecule is CCC(C)(C)c1ccc(C(NC)C2CCC2)cc1. The molecule has 0 radical (unpaired) electrons. The van der Waals surface area contributed by atoms with Gasteiger partial charge >= 0.3 is 0 Å². The predicted octanol–water partition coefficient (Wildman–Crippen LogP) is 4.43. The lowest BCUT2D eigenvalue weighted by Crippen LogP contribution is -2.29. The Bertz CT molecular complexity index is 373. The number of hydrogen-bond donors (Lipinski definition) is 1. The van der Waals surface area contributed by atoms with Crippen molar-refractivity contribution in [1.82, 2.24) is 5.32 Å². The van der Waals surface area contributed by atoms with Crippen LogP contribution in [0.2, 0.25) is 0 Å². The zero-order chi connectivity index (χ0) is 13.2. The van der Waals surface area contributed by atoms with Crippen LogP contribution in [0, 0.1) is 5.92 Å². The zero-order valence-corrected chi connectivity index (χ0v) is 12.3. The van der Waals surface area contributed by atoms with Crippen molar-refractivity contribution in [3.8, 4) is 0 Å². The van der Waals surface area contributed by atoms with E-state index in [0.29, 0.717) is 11.5 Å². The van der Waals surface area contributed by atoms with Gasteiger partial charge in [0.05, 0.1) is 0 Å². The highest BCUT2D eigenvalue weighted by atomic mass is 14.9. The average Bonchev–Trinajstić information content (AvgIpc) is 2.33. The summed E-state index contributed by atoms with van der Waals surface area (Å²) < 4.78 is 0. The second-order valence-corrected chi connectivity index (χ2v) is 6.32. The van der Waals surface area contributed by atoms with Crippen molar-refractivity contribution in [2.45, 2.75) is 57.9 Å². The summed E-state index contributed by atoms with van der Waals surface area (Å²) in [5, 5.41) is 3.49. The molecule has 100 valence electrons. The fourth-order valence-corrected chi connectivity index (χ4v) is 2.79. The van der Waals surface area contributed by atoms with Gasteiger partial charge in [0.1, 0.15) is 0 Å². The Balaban J connectivity index is 2.15. The third-order valence-electron chi connectivity index (χ3n) is 4.87. The molecule has 1 fully saturated rings. The fourth-order valence-electron chi connectivity index (χ4n) is 2.79. The third kappa shape index (κ3) is 2.61. The van der Waals surface area contributed by atoms with Crippen LogP contribution in [0.15, 0.2) is 24.3 Å². The van der Waals surface area contributed by atoms with Gasteiger partial charge in [-0.15, -0.1) is 0 Å². The van der Waals surface area contributed by atoms with Gasteiger partial charge in [-0.25, -0.2) is 0 Å². The molecule has 1 aliphatic carbocycles. The first-order valence-corrected chi connectivity index (χ1v) is 7.36. The van der Waals surface area contributed by atoms with Crippen molar-refractivity contribution < 1.29 is 0 Å². The monoisotopic (exact) mass is 245 g/mol. The van der Waals surface area contributed by atoms with Crippen molar-refractivity contribution in [3.63, 3.8) is 0 Å². The van der Waals surface area contributed by atoms with E-state index in [-0.39, 0.29) is 0 Å². The topological polar surface area (TPSA) is 12.0 Å². The smallest absolute Gasteiger partial charge is 0.0346 e. The molecule has 0 saturated heterocycles. The Morgan fingerprint density at radius 1 is 1.22 bits per heavy atom. The molecule has 1 saturated carbocycles. The number of rotatable bonds is 5. The Labute approximate surface area is 112 Å². The Morgan fingerprint density at radius 2 is 1.83 bits per heavy atom. The van der Waals surface area contributed by atoms with Crippen LogP contribution in [-0.2, 0) is 5.41 Å². The highest BCUT2D eigenvalue weighted by molar-refractivity contribution is 5.30. The molecule has 1 atom stereocenters. The van der Waals surface area contributed by atoms with Gasteiger partial charge in [-0.3, -0.25) is 0 Å². The summed E-state index contributed by atoms with van der Waals surface area (Å²) in [6.07, 6.45) is 5.36. The molecule has 2 rings (SSSR count). The molecule has 0 heterocycles. The number of benzene rings is 1. The molecule has 0 aromatic heterocycles. The van der Waals surface area contributed by atoms with Crippen LogP contribution < -0.4 is 5.32 Å². The lowest BCUT2D eigenvalue weighted by atomic mass is 9.76. The summed E-state index contributed by atoms with van der Waals surface area (Å²) in [6, 6.07) is 9.85. The molecule has 1 heteroatoms. The van der Waals surface area contributed by atoms with Crippen LogP contribution in [0.1, 0.15) is 63.6 Å². The van der Waals surface area contributed by atoms with Gasteiger partial charge in [-0.05, 0) is 48.8 Å². The van der Waals surface area contributed by atoms with Gasteiger partial charge < -0.3 is 5.32 Å². The molecular weight excluding hydrogens is 218 g/mol. The second-order valence-electron chi connectivity index (χ2n) is 6.32. The van der Waals surface area contributed by atoms with Crippen LogP contribution in [-0.4, -0.2) is 7.05 Å². The van der Waals surface area contributed by atoms with E-state index in [1.807, 2.05) is 0 Å². The summed E-state index contributed by atoms with van der Waals surface area (Å²) in [5.74, 6) is 0.847. The minimum Gasteiger partial charge on any atom is -0.313 e. The normalized spacial score (nSPS) is 18.4. The van der Waals surface area contributed by atoms with E-state index in [2.05, 4.69) is 57.4 Å². The van der Waals surface area contributed by atoms with Gasteiger partial charge in [-0.2, -0.15) is 0 Å². The van der Waals surface area contributed by atoms with E-state index in [1.54, 1.807) is 0 Å². The molecule has 18 heavy (non-hydrogen) atoms. The van der Waals surface area contributed by atoms with E-state index in [0.717, 1.165) is 5.92 Å². The molecule has 1 unspecified atom stereocenters. The third-order valence-corrected chi connectivity index (χ3v) is 4.87. The Kier molecular flexibility index (Phi) is 4.11. The van der Waals surface area contributed by atoms with Crippen molar-refractivity contribution >= 4 is 0 Å². The van der Waals surface area contributed by atoms with Crippen LogP contribution in [0.5, 0.6) is 0 Å². The van der Waals surface area contributed by atoms with Crippen LogP contribution in [0.4, 0.5) is 0 Å². The molecule has 0 aliphatic heterocycles. The number of hydrogen-bond acceptors (Lipinski definition) is 1. The van der Waals surface area contributed by atoms with E-state index in [9.17, 15) is 0 Å². The van der Waals surface area contributed by atoms with Crippen LogP contribution >= 0.6 is 0 Å². The minimum atomic E-state index is 0.296. The lowest BCUT2D eigenvalue weighted by Gasteiger charge is -2.34. The Morgan fingerprint density at radius 3 is 2.22 bits per heavy atom. The van der Waals surface area contributed by atoms with Crippen molar-refractivity contribution in [2.75, 3.05) is 7.05 Å². The molecule has 1 nitrogen and oxygen atoms in total. The second kappa shape index (κ2) is 5.44. The maximum atomic E-state index is 3.49. The summed E-state index contributed by atoms with van der Waals surface area (Å²) in [6.45, 7) is 6.91. The molecule has 0 amide bonds. The summed E-state index contributed by atoms with van der Waals surface area (Å²) in [4.78, 5) is 0. The Hall–Kier alpha value is -0.820. The maximum Gasteiger partial charge on any atom is 0.0346 e. The molecule has 1 aromatic carbocycles. The highest BCUT2D eigenvalue weighted by Crippen LogP contribution is 2.38. The van der Waals surface area contributed by atoms with Crippen molar-refractivity contribution in [2.24, 2.45) is 5.92 Å². The van der Waals surface area contributed by atoms with Gasteiger partial charge in [0.15, 0.2) is 0 Å². The zero-order valence-electron chi connectivity index (χ0n) is 12.3. The lowest BCUT2D eigenvalue weighted by molar-refractivity contribution is 0.239. The fraction of sp³-hybridized carbons (Fsp3) is 0.647. The maximum absolute atomic E-state index is 3.49. The molecule has 1 aliphatic rings. The van der Waals surface area contributed by atoms with E-state index < -0.39 is 0 Å². The van der Waals surface area contributed by atoms with Gasteiger partial charge in [-0.1, -0.05) is 51.5 Å². The minimum absolute atomic E-state index is 0.296.